The van der Waals surface area contributed by atoms with Gasteiger partial charge in [-0.05, 0) is 6.92 Å². The van der Waals surface area contributed by atoms with Crippen molar-refractivity contribution >= 4 is 17.1 Å². The van der Waals surface area contributed by atoms with Crippen LogP contribution in [0.25, 0.3) is 0 Å². The highest BCUT2D eigenvalue weighted by Gasteiger charge is 2.31. The first-order chi connectivity index (χ1) is 6.22. The van der Waals surface area contributed by atoms with E-state index in [0.717, 1.165) is 0 Å². The number of alkyl halides is 3. The second-order valence-electron chi connectivity index (χ2n) is 2.93. The first-order valence-electron chi connectivity index (χ1n) is 3.94. The van der Waals surface area contributed by atoms with Gasteiger partial charge in [-0.2, -0.15) is 13.2 Å². The van der Waals surface area contributed by atoms with E-state index < -0.39 is 40.7 Å². The SMILES string of the molecule is CC(CC(N)=O)[S+]([O-])CCC(F)(F)F. The third-order valence-corrected chi connectivity index (χ3v) is 3.19. The number of nitrogens with two attached hydrogens (primary N) is 1. The molecule has 0 fully saturated rings. The van der Waals surface area contributed by atoms with Gasteiger partial charge >= 0.3 is 6.18 Å². The van der Waals surface area contributed by atoms with Gasteiger partial charge in [0.25, 0.3) is 0 Å². The summed E-state index contributed by atoms with van der Waals surface area (Å²) < 4.78 is 46.3. The molecule has 84 valence electrons. The quantitative estimate of drug-likeness (QED) is 0.716. The molecule has 0 aliphatic heterocycles. The summed E-state index contributed by atoms with van der Waals surface area (Å²) in [5, 5.41) is -0.616. The van der Waals surface area contributed by atoms with Crippen molar-refractivity contribution in [3.8, 4) is 0 Å². The lowest BCUT2D eigenvalue weighted by Crippen LogP contribution is -2.28. The van der Waals surface area contributed by atoms with Gasteiger partial charge in [0.05, 0.1) is 12.8 Å². The van der Waals surface area contributed by atoms with Gasteiger partial charge < -0.3 is 10.3 Å². The van der Waals surface area contributed by atoms with Crippen molar-refractivity contribution in [1.82, 2.24) is 0 Å². The minimum Gasteiger partial charge on any atom is -0.616 e. The van der Waals surface area contributed by atoms with Crippen molar-refractivity contribution in [1.29, 1.82) is 0 Å². The highest BCUT2D eigenvalue weighted by atomic mass is 32.2. The summed E-state index contributed by atoms with van der Waals surface area (Å²) in [6.45, 7) is 1.44. The summed E-state index contributed by atoms with van der Waals surface area (Å²) in [7, 11) is 0. The molecule has 2 atom stereocenters. The van der Waals surface area contributed by atoms with E-state index in [1.54, 1.807) is 0 Å². The average Bonchev–Trinajstić information content (AvgIpc) is 1.97. The van der Waals surface area contributed by atoms with Gasteiger partial charge in [0.1, 0.15) is 11.0 Å². The van der Waals surface area contributed by atoms with E-state index in [2.05, 4.69) is 0 Å². The van der Waals surface area contributed by atoms with Crippen LogP contribution in [-0.2, 0) is 16.0 Å². The number of halogens is 3. The molecule has 0 bridgehead atoms. The summed E-state index contributed by atoms with van der Waals surface area (Å²) in [5.41, 5.74) is 4.82. The lowest BCUT2D eigenvalue weighted by molar-refractivity contribution is -0.129. The summed E-state index contributed by atoms with van der Waals surface area (Å²) in [6, 6.07) is 0. The van der Waals surface area contributed by atoms with E-state index in [1.165, 1.54) is 6.92 Å². The molecule has 0 saturated carbocycles. The lowest BCUT2D eigenvalue weighted by Gasteiger charge is -2.17. The van der Waals surface area contributed by atoms with Crippen LogP contribution in [0, 0.1) is 0 Å². The molecule has 0 aromatic heterocycles. The Labute approximate surface area is 83.0 Å². The minimum absolute atomic E-state index is 0.148. The zero-order chi connectivity index (χ0) is 11.4. The maximum absolute atomic E-state index is 11.7. The Kier molecular flexibility index (Phi) is 5.28. The van der Waals surface area contributed by atoms with Gasteiger partial charge in [0, 0.05) is 0 Å². The van der Waals surface area contributed by atoms with Crippen molar-refractivity contribution in [3.05, 3.63) is 0 Å². The van der Waals surface area contributed by atoms with Crippen molar-refractivity contribution in [2.24, 2.45) is 5.73 Å². The Hall–Kier alpha value is -0.430. The van der Waals surface area contributed by atoms with Crippen LogP contribution in [0.1, 0.15) is 19.8 Å². The molecule has 0 rings (SSSR count). The normalized spacial score (nSPS) is 16.4. The maximum Gasteiger partial charge on any atom is 0.393 e. The Balaban J connectivity index is 3.84. The van der Waals surface area contributed by atoms with Crippen molar-refractivity contribution in [3.63, 3.8) is 0 Å². The van der Waals surface area contributed by atoms with Crippen molar-refractivity contribution < 1.29 is 22.5 Å². The molecule has 14 heavy (non-hydrogen) atoms. The molecule has 0 aliphatic carbocycles. The van der Waals surface area contributed by atoms with Crippen LogP contribution in [-0.4, -0.2) is 27.6 Å². The number of carbonyl (C=O) groups excluding carboxylic acids is 1. The maximum atomic E-state index is 11.7. The zero-order valence-corrected chi connectivity index (χ0v) is 8.45. The summed E-state index contributed by atoms with van der Waals surface area (Å²) in [5.74, 6) is -1.13. The molecule has 0 radical (unpaired) electrons. The van der Waals surface area contributed by atoms with Gasteiger partial charge in [0.15, 0.2) is 0 Å². The molecular weight excluding hydrogens is 219 g/mol. The first kappa shape index (κ1) is 13.6. The Morgan fingerprint density at radius 3 is 2.43 bits per heavy atom. The van der Waals surface area contributed by atoms with Crippen LogP contribution in [0.3, 0.4) is 0 Å². The topological polar surface area (TPSA) is 66.2 Å². The third kappa shape index (κ3) is 7.02. The monoisotopic (exact) mass is 231 g/mol. The molecule has 7 heteroatoms. The molecule has 2 unspecified atom stereocenters. The molecular formula is C7H12F3NO2S. The second kappa shape index (κ2) is 5.45. The summed E-state index contributed by atoms with van der Waals surface area (Å²) in [4.78, 5) is 10.4. The predicted molar refractivity (Wildman–Crippen MR) is 47.0 cm³/mol. The van der Waals surface area contributed by atoms with E-state index in [9.17, 15) is 22.5 Å². The van der Waals surface area contributed by atoms with Crippen LogP contribution >= 0.6 is 0 Å². The number of primary amides is 1. The Morgan fingerprint density at radius 1 is 1.57 bits per heavy atom. The minimum atomic E-state index is -4.30. The highest BCUT2D eigenvalue weighted by Crippen LogP contribution is 2.21. The highest BCUT2D eigenvalue weighted by molar-refractivity contribution is 7.92. The van der Waals surface area contributed by atoms with Crippen LogP contribution < -0.4 is 5.73 Å². The Morgan fingerprint density at radius 2 is 2.07 bits per heavy atom. The van der Waals surface area contributed by atoms with Gasteiger partial charge in [-0.15, -0.1) is 0 Å². The number of hydrogen-bond donors (Lipinski definition) is 1. The fraction of sp³-hybridized carbons (Fsp3) is 0.857. The van der Waals surface area contributed by atoms with Gasteiger partial charge in [-0.1, -0.05) is 11.2 Å². The molecule has 0 aromatic rings. The summed E-state index contributed by atoms with van der Waals surface area (Å²) in [6.07, 6.45) is -5.55. The van der Waals surface area contributed by atoms with Crippen LogP contribution in [0.2, 0.25) is 0 Å². The molecule has 0 aromatic carbocycles. The predicted octanol–water partition coefficient (Wildman–Crippen LogP) is 0.951. The third-order valence-electron chi connectivity index (χ3n) is 1.52. The molecule has 2 N–H and O–H groups in total. The zero-order valence-electron chi connectivity index (χ0n) is 7.63. The lowest BCUT2D eigenvalue weighted by atomic mass is 10.3. The smallest absolute Gasteiger partial charge is 0.393 e. The number of rotatable bonds is 5. The Bertz CT molecular complexity index is 198. The number of hydrogen-bond acceptors (Lipinski definition) is 2. The summed E-state index contributed by atoms with van der Waals surface area (Å²) >= 11 is -1.65. The molecule has 0 aliphatic rings. The molecule has 3 nitrogen and oxygen atoms in total. The van der Waals surface area contributed by atoms with Gasteiger partial charge in [-0.3, -0.25) is 4.79 Å². The average molecular weight is 231 g/mol. The van der Waals surface area contributed by atoms with E-state index in [1.807, 2.05) is 0 Å². The molecule has 0 heterocycles. The van der Waals surface area contributed by atoms with Gasteiger partial charge in [-0.25, -0.2) is 0 Å². The second-order valence-corrected chi connectivity index (χ2v) is 4.91. The number of carbonyl (C=O) groups is 1. The van der Waals surface area contributed by atoms with E-state index in [-0.39, 0.29) is 6.42 Å². The fourth-order valence-electron chi connectivity index (χ4n) is 0.794. The van der Waals surface area contributed by atoms with E-state index in [4.69, 9.17) is 5.73 Å². The van der Waals surface area contributed by atoms with Crippen molar-refractivity contribution in [2.45, 2.75) is 31.2 Å². The molecule has 0 spiro atoms. The van der Waals surface area contributed by atoms with E-state index in [0.29, 0.717) is 0 Å². The number of amides is 1. The van der Waals surface area contributed by atoms with Crippen LogP contribution in [0.15, 0.2) is 0 Å². The van der Waals surface area contributed by atoms with E-state index >= 15 is 0 Å². The first-order valence-corrected chi connectivity index (χ1v) is 5.33. The van der Waals surface area contributed by atoms with Gasteiger partial charge in [0.2, 0.25) is 5.91 Å². The molecule has 0 saturated heterocycles. The van der Waals surface area contributed by atoms with Crippen molar-refractivity contribution in [2.75, 3.05) is 5.75 Å². The fourth-order valence-corrected chi connectivity index (χ4v) is 1.98. The van der Waals surface area contributed by atoms with Crippen LogP contribution in [0.4, 0.5) is 13.2 Å². The molecule has 1 amide bonds. The van der Waals surface area contributed by atoms with Crippen LogP contribution in [0.5, 0.6) is 0 Å². The standard InChI is InChI=1S/C7H12F3NO2S/c1-5(4-6(11)12)14(13)3-2-7(8,9)10/h5H,2-4H2,1H3,(H2,11,12). The largest absolute Gasteiger partial charge is 0.616 e.